The number of alkyl halides is 3. The van der Waals surface area contributed by atoms with Crippen LogP contribution in [0.15, 0.2) is 59.0 Å². The topological polar surface area (TPSA) is 56.5 Å². The highest BCUT2D eigenvalue weighted by Crippen LogP contribution is 2.52. The van der Waals surface area contributed by atoms with Crippen LogP contribution in [0, 0.1) is 0 Å². The van der Waals surface area contributed by atoms with Crippen molar-refractivity contribution < 1.29 is 30.2 Å². The van der Waals surface area contributed by atoms with E-state index in [1.165, 1.54) is 18.2 Å². The molecule has 0 aliphatic heterocycles. The summed E-state index contributed by atoms with van der Waals surface area (Å²) in [7, 11) is -5.76. The monoisotopic (exact) mass is 432 g/mol. The minimum atomic E-state index is -5.76. The third kappa shape index (κ3) is 2.49. The molecule has 4 aromatic rings. The van der Waals surface area contributed by atoms with E-state index in [1.54, 1.807) is 0 Å². The zero-order valence-electron chi connectivity index (χ0n) is 15.9. The molecule has 0 N–H and O–H groups in total. The van der Waals surface area contributed by atoms with Gasteiger partial charge >= 0.3 is 15.6 Å². The lowest BCUT2D eigenvalue weighted by Crippen LogP contribution is -2.27. The largest absolute Gasteiger partial charge is 0.534 e. The fraction of sp³-hybridized carbons (Fsp3) is 0.182. The van der Waals surface area contributed by atoms with Crippen molar-refractivity contribution >= 4 is 32.1 Å². The minimum Gasteiger partial charge on any atom is -0.456 e. The van der Waals surface area contributed by atoms with Gasteiger partial charge in [0.2, 0.25) is 0 Å². The van der Waals surface area contributed by atoms with Crippen LogP contribution in [-0.4, -0.2) is 13.9 Å². The quantitative estimate of drug-likeness (QED) is 0.283. The van der Waals surface area contributed by atoms with Crippen molar-refractivity contribution in [2.24, 2.45) is 0 Å². The molecule has 0 saturated heterocycles. The SMILES string of the molecule is CC1(C)c2ccccc2-c2ccc3c(oc4cc(OS(=O)(=O)C(F)(F)F)ccc43)c21. The van der Waals surface area contributed by atoms with Gasteiger partial charge in [-0.25, -0.2) is 0 Å². The predicted octanol–water partition coefficient (Wildman–Crippen LogP) is 6.12. The summed E-state index contributed by atoms with van der Waals surface area (Å²) >= 11 is 0. The van der Waals surface area contributed by atoms with Gasteiger partial charge in [0.05, 0.1) is 0 Å². The average molecular weight is 432 g/mol. The average Bonchev–Trinajstić information content (AvgIpc) is 3.13. The first-order valence-electron chi connectivity index (χ1n) is 9.11. The molecule has 5 rings (SSSR count). The van der Waals surface area contributed by atoms with Crippen LogP contribution in [0.3, 0.4) is 0 Å². The number of hydrogen-bond acceptors (Lipinski definition) is 4. The molecule has 0 bridgehead atoms. The lowest BCUT2D eigenvalue weighted by molar-refractivity contribution is -0.0500. The van der Waals surface area contributed by atoms with Gasteiger partial charge in [-0.05, 0) is 34.9 Å². The first-order valence-corrected chi connectivity index (χ1v) is 10.5. The van der Waals surface area contributed by atoms with Gasteiger partial charge in [-0.15, -0.1) is 0 Å². The van der Waals surface area contributed by atoms with Crippen LogP contribution < -0.4 is 4.18 Å². The normalized spacial score (nSPS) is 15.4. The summed E-state index contributed by atoms with van der Waals surface area (Å²) in [6.45, 7) is 4.18. The number of benzene rings is 3. The van der Waals surface area contributed by atoms with Gasteiger partial charge in [-0.3, -0.25) is 0 Å². The molecule has 1 aliphatic carbocycles. The summed E-state index contributed by atoms with van der Waals surface area (Å²) in [5.74, 6) is -0.460. The van der Waals surface area contributed by atoms with Gasteiger partial charge in [0.1, 0.15) is 16.9 Å². The Morgan fingerprint density at radius 2 is 1.63 bits per heavy atom. The summed E-state index contributed by atoms with van der Waals surface area (Å²) < 4.78 is 70.8. The highest BCUT2D eigenvalue weighted by Gasteiger charge is 2.48. The van der Waals surface area contributed by atoms with Crippen LogP contribution in [0.4, 0.5) is 13.2 Å². The molecule has 1 aliphatic rings. The van der Waals surface area contributed by atoms with Crippen LogP contribution in [0.5, 0.6) is 5.75 Å². The Labute approximate surface area is 170 Å². The molecular weight excluding hydrogens is 417 g/mol. The summed E-state index contributed by atoms with van der Waals surface area (Å²) in [5.41, 5.74) is -0.668. The lowest BCUT2D eigenvalue weighted by atomic mass is 9.82. The summed E-state index contributed by atoms with van der Waals surface area (Å²) in [6, 6.07) is 15.8. The first-order chi connectivity index (χ1) is 14.0. The molecule has 0 fully saturated rings. The Morgan fingerprint density at radius 1 is 0.933 bits per heavy atom. The standard InChI is InChI=1S/C22H15F3O4S/c1-21(2)17-6-4-3-5-13(17)15-9-10-16-14-8-7-12(29-30(26,27)22(23,24)25)11-18(14)28-20(16)19(15)21/h3-11H,1-2H3. The fourth-order valence-corrected chi connectivity index (χ4v) is 4.74. The van der Waals surface area contributed by atoms with Crippen molar-refractivity contribution in [1.82, 2.24) is 0 Å². The minimum absolute atomic E-state index is 0.250. The maximum absolute atomic E-state index is 12.6. The van der Waals surface area contributed by atoms with E-state index in [0.29, 0.717) is 11.0 Å². The van der Waals surface area contributed by atoms with Crippen LogP contribution >= 0.6 is 0 Å². The molecule has 0 unspecified atom stereocenters. The highest BCUT2D eigenvalue weighted by atomic mass is 32.2. The maximum Gasteiger partial charge on any atom is 0.534 e. The van der Waals surface area contributed by atoms with Crippen molar-refractivity contribution in [2.75, 3.05) is 0 Å². The smallest absolute Gasteiger partial charge is 0.456 e. The molecule has 0 amide bonds. The molecular formula is C22H15F3O4S. The van der Waals surface area contributed by atoms with E-state index in [0.717, 1.165) is 27.6 Å². The molecule has 0 spiro atoms. The van der Waals surface area contributed by atoms with E-state index in [2.05, 4.69) is 24.1 Å². The molecule has 0 atom stereocenters. The molecule has 0 radical (unpaired) electrons. The van der Waals surface area contributed by atoms with Crippen molar-refractivity contribution in [2.45, 2.75) is 24.8 Å². The van der Waals surface area contributed by atoms with Crippen LogP contribution in [0.1, 0.15) is 25.0 Å². The second kappa shape index (κ2) is 5.78. The number of hydrogen-bond donors (Lipinski definition) is 0. The Kier molecular flexibility index (Phi) is 3.66. The van der Waals surface area contributed by atoms with Crippen LogP contribution in [0.2, 0.25) is 0 Å². The number of fused-ring (bicyclic) bond motifs is 7. The Morgan fingerprint density at radius 3 is 2.37 bits per heavy atom. The third-order valence-electron chi connectivity index (χ3n) is 5.62. The van der Waals surface area contributed by atoms with Gasteiger partial charge in [0.15, 0.2) is 0 Å². The zero-order chi connectivity index (χ0) is 21.5. The van der Waals surface area contributed by atoms with E-state index < -0.39 is 21.4 Å². The first kappa shape index (κ1) is 19.0. The zero-order valence-corrected chi connectivity index (χ0v) is 16.7. The molecule has 1 heterocycles. The van der Waals surface area contributed by atoms with E-state index >= 15 is 0 Å². The van der Waals surface area contributed by atoms with Crippen LogP contribution in [-0.2, 0) is 15.5 Å². The van der Waals surface area contributed by atoms with Crippen molar-refractivity contribution in [1.29, 1.82) is 0 Å². The Balaban J connectivity index is 1.71. The van der Waals surface area contributed by atoms with E-state index in [4.69, 9.17) is 4.42 Å². The predicted molar refractivity (Wildman–Crippen MR) is 107 cm³/mol. The summed E-state index contributed by atoms with van der Waals surface area (Å²) in [5, 5.41) is 1.46. The molecule has 154 valence electrons. The highest BCUT2D eigenvalue weighted by molar-refractivity contribution is 7.88. The summed E-state index contributed by atoms with van der Waals surface area (Å²) in [4.78, 5) is 0. The van der Waals surface area contributed by atoms with Gasteiger partial charge in [-0.1, -0.05) is 44.2 Å². The van der Waals surface area contributed by atoms with Crippen molar-refractivity contribution in [3.05, 3.63) is 65.7 Å². The summed E-state index contributed by atoms with van der Waals surface area (Å²) in [6.07, 6.45) is 0. The second-order valence-corrected chi connectivity index (χ2v) is 9.32. The van der Waals surface area contributed by atoms with Crippen molar-refractivity contribution in [3.63, 3.8) is 0 Å². The van der Waals surface area contributed by atoms with E-state index in [1.807, 2.05) is 30.3 Å². The number of rotatable bonds is 2. The van der Waals surface area contributed by atoms with Gasteiger partial charge in [-0.2, -0.15) is 21.6 Å². The molecule has 0 saturated carbocycles. The molecule has 30 heavy (non-hydrogen) atoms. The number of halogens is 3. The van der Waals surface area contributed by atoms with Crippen molar-refractivity contribution in [3.8, 4) is 16.9 Å². The lowest BCUT2D eigenvalue weighted by Gasteiger charge is -2.21. The Hall–Kier alpha value is -3.00. The van der Waals surface area contributed by atoms with Gasteiger partial charge in [0, 0.05) is 27.8 Å². The Bertz CT molecular complexity index is 1450. The molecule has 3 aromatic carbocycles. The number of furan rings is 1. The maximum atomic E-state index is 12.6. The molecule has 1 aromatic heterocycles. The second-order valence-electron chi connectivity index (χ2n) is 7.78. The molecule has 4 nitrogen and oxygen atoms in total. The fourth-order valence-electron chi connectivity index (χ4n) is 4.29. The van der Waals surface area contributed by atoms with Gasteiger partial charge < -0.3 is 8.60 Å². The van der Waals surface area contributed by atoms with E-state index in [9.17, 15) is 21.6 Å². The van der Waals surface area contributed by atoms with E-state index in [-0.39, 0.29) is 11.0 Å². The third-order valence-corrected chi connectivity index (χ3v) is 6.60. The molecule has 8 heteroatoms. The van der Waals surface area contributed by atoms with Crippen LogP contribution in [0.25, 0.3) is 33.1 Å². The van der Waals surface area contributed by atoms with Gasteiger partial charge in [0.25, 0.3) is 0 Å².